The molecular formula is C37H36ClN3O4. The number of carbonyl (C=O) groups excluding carboxylic acids is 2. The van der Waals surface area contributed by atoms with Crippen LogP contribution in [0.3, 0.4) is 0 Å². The number of benzene rings is 4. The van der Waals surface area contributed by atoms with Gasteiger partial charge in [-0.1, -0.05) is 104 Å². The average Bonchev–Trinajstić information content (AvgIpc) is 3.54. The van der Waals surface area contributed by atoms with Crippen LogP contribution >= 0.6 is 11.6 Å². The highest BCUT2D eigenvalue weighted by Crippen LogP contribution is 2.34. The third-order valence-corrected chi connectivity index (χ3v) is 8.06. The van der Waals surface area contributed by atoms with E-state index in [-0.39, 0.29) is 30.2 Å². The lowest BCUT2D eigenvalue weighted by molar-refractivity contribution is -0.129. The number of amides is 2. The zero-order valence-corrected chi connectivity index (χ0v) is 26.3. The summed E-state index contributed by atoms with van der Waals surface area (Å²) in [5.74, 6) is -0.257. The summed E-state index contributed by atoms with van der Waals surface area (Å²) in [4.78, 5) is 23.8. The van der Waals surface area contributed by atoms with Crippen LogP contribution in [0.15, 0.2) is 108 Å². The van der Waals surface area contributed by atoms with E-state index >= 15 is 0 Å². The SMILES string of the molecule is CC(C)(C)c1ccc(C(Cc2ccc(C(=O)NCCC(=O)NO)cc2)c2cc(-c3cccc(-c4ccc(Cl)cc4)c3)on2)cc1. The molecule has 1 atom stereocenters. The van der Waals surface area contributed by atoms with E-state index in [9.17, 15) is 9.59 Å². The zero-order valence-electron chi connectivity index (χ0n) is 25.5. The maximum atomic E-state index is 12.5. The first kappa shape index (κ1) is 31.7. The topological polar surface area (TPSA) is 104 Å². The molecule has 0 aliphatic rings. The summed E-state index contributed by atoms with van der Waals surface area (Å²) in [6.07, 6.45) is 0.630. The van der Waals surface area contributed by atoms with Gasteiger partial charge in [-0.2, -0.15) is 0 Å². The van der Waals surface area contributed by atoms with Crippen molar-refractivity contribution in [3.63, 3.8) is 0 Å². The molecular weight excluding hydrogens is 586 g/mol. The Bertz CT molecular complexity index is 1760. The predicted molar refractivity (Wildman–Crippen MR) is 176 cm³/mol. The minimum atomic E-state index is -0.558. The lowest BCUT2D eigenvalue weighted by Crippen LogP contribution is -2.29. The van der Waals surface area contributed by atoms with Gasteiger partial charge in [0, 0.05) is 41.1 Å². The van der Waals surface area contributed by atoms with Crippen molar-refractivity contribution in [3.05, 3.63) is 136 Å². The van der Waals surface area contributed by atoms with Gasteiger partial charge >= 0.3 is 0 Å². The van der Waals surface area contributed by atoms with Gasteiger partial charge in [-0.05, 0) is 70.0 Å². The average molecular weight is 622 g/mol. The molecule has 2 amide bonds. The summed E-state index contributed by atoms with van der Waals surface area (Å²) >= 11 is 6.09. The molecule has 45 heavy (non-hydrogen) atoms. The van der Waals surface area contributed by atoms with Crippen LogP contribution in [0.25, 0.3) is 22.5 Å². The maximum Gasteiger partial charge on any atom is 0.251 e. The van der Waals surface area contributed by atoms with Gasteiger partial charge in [0.15, 0.2) is 5.76 Å². The molecule has 0 fully saturated rings. The molecule has 0 saturated heterocycles. The van der Waals surface area contributed by atoms with Crippen LogP contribution in [0.5, 0.6) is 0 Å². The highest BCUT2D eigenvalue weighted by Gasteiger charge is 2.22. The Labute approximate surface area is 268 Å². The minimum absolute atomic E-state index is 0.0128. The standard InChI is InChI=1S/C37H36ClN3O4/c1-37(2,3)30-15-11-26(12-16-30)32(21-24-7-9-27(10-8-24)36(43)39-20-19-35(42)40-44)33-23-34(45-41-33)29-6-4-5-28(22-29)25-13-17-31(38)18-14-25/h4-18,22-23,32,44H,19-21H2,1-3H3,(H,39,43)(H,40,42). The van der Waals surface area contributed by atoms with Gasteiger partial charge in [0.25, 0.3) is 5.91 Å². The maximum absolute atomic E-state index is 12.5. The second-order valence-electron chi connectivity index (χ2n) is 12.1. The number of nitrogens with zero attached hydrogens (tertiary/aromatic N) is 1. The number of rotatable bonds is 10. The molecule has 5 aromatic rings. The Kier molecular flexibility index (Phi) is 9.81. The van der Waals surface area contributed by atoms with Crippen molar-refractivity contribution in [2.45, 2.75) is 44.9 Å². The minimum Gasteiger partial charge on any atom is -0.356 e. The van der Waals surface area contributed by atoms with E-state index in [4.69, 9.17) is 21.3 Å². The lowest BCUT2D eigenvalue weighted by atomic mass is 9.83. The molecule has 4 aromatic carbocycles. The number of carbonyl (C=O) groups is 2. The van der Waals surface area contributed by atoms with Crippen LogP contribution in [-0.4, -0.2) is 28.7 Å². The summed E-state index contributed by atoms with van der Waals surface area (Å²) in [6, 6.07) is 34.0. The molecule has 0 aliphatic heterocycles. The van der Waals surface area contributed by atoms with Crippen LogP contribution in [0, 0.1) is 0 Å². The van der Waals surface area contributed by atoms with Crippen LogP contribution in [0.2, 0.25) is 5.02 Å². The summed E-state index contributed by atoms with van der Waals surface area (Å²) < 4.78 is 5.92. The number of hydrogen-bond acceptors (Lipinski definition) is 5. The Balaban J connectivity index is 1.40. The van der Waals surface area contributed by atoms with Crippen molar-refractivity contribution < 1.29 is 19.3 Å². The first-order valence-corrected chi connectivity index (χ1v) is 15.2. The van der Waals surface area contributed by atoms with Crippen LogP contribution < -0.4 is 10.8 Å². The molecule has 3 N–H and O–H groups in total. The number of halogens is 1. The highest BCUT2D eigenvalue weighted by molar-refractivity contribution is 6.30. The van der Waals surface area contributed by atoms with Gasteiger partial charge in [0.05, 0.1) is 5.69 Å². The molecule has 1 aromatic heterocycles. The molecule has 7 nitrogen and oxygen atoms in total. The van der Waals surface area contributed by atoms with Crippen LogP contribution in [-0.2, 0) is 16.6 Å². The monoisotopic (exact) mass is 621 g/mol. The largest absolute Gasteiger partial charge is 0.356 e. The molecule has 5 rings (SSSR count). The number of nitrogens with one attached hydrogen (secondary N) is 2. The van der Waals surface area contributed by atoms with E-state index in [2.05, 4.69) is 67.6 Å². The van der Waals surface area contributed by atoms with Crippen molar-refractivity contribution in [1.29, 1.82) is 0 Å². The van der Waals surface area contributed by atoms with Gasteiger partial charge in [0.2, 0.25) is 5.91 Å². The van der Waals surface area contributed by atoms with E-state index < -0.39 is 5.91 Å². The van der Waals surface area contributed by atoms with Crippen LogP contribution in [0.1, 0.15) is 65.9 Å². The Morgan fingerprint density at radius 2 is 1.56 bits per heavy atom. The molecule has 0 aliphatic carbocycles. The fraction of sp³-hybridized carbons (Fsp3) is 0.216. The normalized spacial score (nSPS) is 12.0. The van der Waals surface area contributed by atoms with Crippen molar-refractivity contribution in [1.82, 2.24) is 16.0 Å². The number of hydroxylamine groups is 1. The fourth-order valence-electron chi connectivity index (χ4n) is 5.17. The summed E-state index contributed by atoms with van der Waals surface area (Å²) in [5, 5.41) is 16.6. The summed E-state index contributed by atoms with van der Waals surface area (Å²) in [7, 11) is 0. The first-order chi connectivity index (χ1) is 21.6. The van der Waals surface area contributed by atoms with E-state index in [0.717, 1.165) is 33.5 Å². The molecule has 230 valence electrons. The van der Waals surface area contributed by atoms with E-state index in [1.807, 2.05) is 54.6 Å². The molecule has 8 heteroatoms. The second kappa shape index (κ2) is 13.9. The lowest BCUT2D eigenvalue weighted by Gasteiger charge is -2.21. The van der Waals surface area contributed by atoms with Gasteiger partial charge in [-0.25, -0.2) is 5.48 Å². The summed E-state index contributed by atoms with van der Waals surface area (Å²) in [6.45, 7) is 6.71. The van der Waals surface area contributed by atoms with Gasteiger partial charge in [-0.3, -0.25) is 14.8 Å². The van der Waals surface area contributed by atoms with E-state index in [1.54, 1.807) is 17.6 Å². The second-order valence-corrected chi connectivity index (χ2v) is 12.5. The first-order valence-electron chi connectivity index (χ1n) is 14.8. The van der Waals surface area contributed by atoms with Crippen molar-refractivity contribution >= 4 is 23.4 Å². The Morgan fingerprint density at radius 3 is 2.22 bits per heavy atom. The third kappa shape index (κ3) is 8.06. The number of aromatic nitrogens is 1. The molecule has 0 bridgehead atoms. The van der Waals surface area contributed by atoms with E-state index in [1.165, 1.54) is 5.56 Å². The quantitative estimate of drug-likeness (QED) is 0.108. The highest BCUT2D eigenvalue weighted by atomic mass is 35.5. The molecule has 0 radical (unpaired) electrons. The Morgan fingerprint density at radius 1 is 0.867 bits per heavy atom. The fourth-order valence-corrected chi connectivity index (χ4v) is 5.29. The molecule has 1 unspecified atom stereocenters. The zero-order chi connectivity index (χ0) is 32.0. The van der Waals surface area contributed by atoms with Gasteiger partial charge in [-0.15, -0.1) is 0 Å². The smallest absolute Gasteiger partial charge is 0.251 e. The predicted octanol–water partition coefficient (Wildman–Crippen LogP) is 7.96. The summed E-state index contributed by atoms with van der Waals surface area (Å²) in [5.41, 5.74) is 9.32. The molecule has 0 saturated carbocycles. The van der Waals surface area contributed by atoms with Crippen LogP contribution in [0.4, 0.5) is 0 Å². The van der Waals surface area contributed by atoms with Crippen molar-refractivity contribution in [2.75, 3.05) is 6.54 Å². The van der Waals surface area contributed by atoms with Crippen molar-refractivity contribution in [3.8, 4) is 22.5 Å². The van der Waals surface area contributed by atoms with Crippen molar-refractivity contribution in [2.24, 2.45) is 0 Å². The molecule has 0 spiro atoms. The number of hydrogen-bond donors (Lipinski definition) is 3. The third-order valence-electron chi connectivity index (χ3n) is 7.81. The van der Waals surface area contributed by atoms with Gasteiger partial charge < -0.3 is 9.84 Å². The van der Waals surface area contributed by atoms with E-state index in [0.29, 0.717) is 22.8 Å². The molecule has 1 heterocycles. The Hall–Kier alpha value is -4.72. The van der Waals surface area contributed by atoms with Gasteiger partial charge in [0.1, 0.15) is 0 Å².